The molecule has 0 aliphatic heterocycles. The van der Waals surface area contributed by atoms with Gasteiger partial charge in [-0.2, -0.15) is 0 Å². The maximum atomic E-state index is 12.7. The topological polar surface area (TPSA) is 61.8 Å². The van der Waals surface area contributed by atoms with Crippen LogP contribution in [-0.2, 0) is 23.8 Å². The van der Waals surface area contributed by atoms with E-state index in [2.05, 4.69) is 99.8 Å². The summed E-state index contributed by atoms with van der Waals surface area (Å²) in [5.74, 6) is -0.505. The lowest BCUT2D eigenvalue weighted by molar-refractivity contribution is -0.162. The van der Waals surface area contributed by atoms with E-state index >= 15 is 0 Å². The first-order valence-electron chi connectivity index (χ1n) is 25.1. The van der Waals surface area contributed by atoms with Gasteiger partial charge in [0.2, 0.25) is 0 Å². The summed E-state index contributed by atoms with van der Waals surface area (Å²) in [6.45, 7) is 7.56. The number of carbonyl (C=O) groups excluding carboxylic acids is 2. The van der Waals surface area contributed by atoms with Crippen molar-refractivity contribution < 1.29 is 23.8 Å². The molecule has 5 nitrogen and oxygen atoms in total. The molecule has 0 amide bonds. The Morgan fingerprint density at radius 3 is 1.33 bits per heavy atom. The molecule has 0 aliphatic carbocycles. The molecule has 344 valence electrons. The Bertz CT molecular complexity index is 1130. The maximum Gasteiger partial charge on any atom is 0.306 e. The second-order valence-electron chi connectivity index (χ2n) is 16.3. The van der Waals surface area contributed by atoms with Crippen LogP contribution in [0.4, 0.5) is 0 Å². The Hall–Kier alpha value is -2.92. The monoisotopic (exact) mass is 835 g/mol. The quantitative estimate of drug-likeness (QED) is 0.0347. The largest absolute Gasteiger partial charge is 0.462 e. The van der Waals surface area contributed by atoms with Gasteiger partial charge in [0.25, 0.3) is 0 Å². The molecule has 0 aromatic heterocycles. The van der Waals surface area contributed by atoms with Gasteiger partial charge < -0.3 is 14.2 Å². The van der Waals surface area contributed by atoms with Crippen molar-refractivity contribution in [3.63, 3.8) is 0 Å². The van der Waals surface area contributed by atoms with Gasteiger partial charge >= 0.3 is 11.9 Å². The average molecular weight is 835 g/mol. The van der Waals surface area contributed by atoms with Crippen LogP contribution in [0.25, 0.3) is 0 Å². The molecule has 5 heteroatoms. The van der Waals surface area contributed by atoms with E-state index in [0.29, 0.717) is 25.9 Å². The predicted octanol–water partition coefficient (Wildman–Crippen LogP) is 16.9. The Balaban J connectivity index is 4.29. The number of ether oxygens (including phenoxy) is 3. The molecule has 0 rings (SSSR count). The highest BCUT2D eigenvalue weighted by molar-refractivity contribution is 5.70. The minimum absolute atomic E-state index is 0.0398. The smallest absolute Gasteiger partial charge is 0.306 e. The minimum atomic E-state index is -0.573. The van der Waals surface area contributed by atoms with Crippen LogP contribution in [0.2, 0.25) is 0 Å². The molecule has 0 aromatic rings. The highest BCUT2D eigenvalue weighted by atomic mass is 16.6. The van der Waals surface area contributed by atoms with Crippen molar-refractivity contribution in [3.8, 4) is 0 Å². The summed E-state index contributed by atoms with van der Waals surface area (Å²) < 4.78 is 17.3. The Labute approximate surface area is 371 Å². The fourth-order valence-corrected chi connectivity index (χ4v) is 6.65. The Morgan fingerprint density at radius 2 is 0.800 bits per heavy atom. The van der Waals surface area contributed by atoms with Gasteiger partial charge in [0, 0.05) is 19.4 Å². The van der Waals surface area contributed by atoms with Gasteiger partial charge in [0.1, 0.15) is 6.61 Å². The van der Waals surface area contributed by atoms with Crippen LogP contribution in [0.15, 0.2) is 85.1 Å². The number of hydrogen-bond acceptors (Lipinski definition) is 5. The average Bonchev–Trinajstić information content (AvgIpc) is 3.25. The van der Waals surface area contributed by atoms with Crippen LogP contribution in [0, 0.1) is 0 Å². The zero-order valence-electron chi connectivity index (χ0n) is 39.5. The number of hydrogen-bond donors (Lipinski definition) is 0. The van der Waals surface area contributed by atoms with E-state index in [0.717, 1.165) is 70.6 Å². The van der Waals surface area contributed by atoms with Crippen LogP contribution in [-0.4, -0.2) is 37.9 Å². The summed E-state index contributed by atoms with van der Waals surface area (Å²) in [7, 11) is 0. The number of carbonyl (C=O) groups is 2. The number of allylic oxidation sites excluding steroid dienone is 14. The second-order valence-corrected chi connectivity index (χ2v) is 16.3. The summed E-state index contributed by atoms with van der Waals surface area (Å²) >= 11 is 0. The molecule has 0 fully saturated rings. The first kappa shape index (κ1) is 57.1. The standard InChI is InChI=1S/C55H94O5/c1-4-7-10-13-16-19-22-24-25-26-27-28-29-30-32-35-38-41-44-47-50-58-51-53(60-55(57)49-46-43-40-37-33-21-18-15-12-9-6-3)52-59-54(56)48-45-42-39-36-34-31-23-20-17-14-11-8-5-2/h8,11,15-20,24-25,31,34,39,42,53H,4-7,9-10,12-14,21-23,26-30,32-33,35-38,40-41,43-52H2,1-3H3/b11-8-,18-15-,19-16-,20-17-,25-24-,34-31-,42-39-. The van der Waals surface area contributed by atoms with Crippen molar-refractivity contribution >= 4 is 11.9 Å². The molecule has 1 atom stereocenters. The zero-order chi connectivity index (χ0) is 43.5. The molecule has 0 aliphatic rings. The van der Waals surface area contributed by atoms with E-state index in [-0.39, 0.29) is 25.2 Å². The Kier molecular flexibility index (Phi) is 48.0. The fourth-order valence-electron chi connectivity index (χ4n) is 6.65. The first-order chi connectivity index (χ1) is 29.6. The fraction of sp³-hybridized carbons (Fsp3) is 0.709. The SMILES string of the molecule is CC/C=C\C/C=C\C/C=C\C/C=C\CCC(=O)OCC(COCCCCCCCCCCCC/C=C\C/C=C\CCCCC)OC(=O)CCCCCCC/C=C\CCCC. The molecule has 0 radical (unpaired) electrons. The van der Waals surface area contributed by atoms with Gasteiger partial charge in [-0.1, -0.05) is 202 Å². The third-order valence-electron chi connectivity index (χ3n) is 10.4. The first-order valence-corrected chi connectivity index (χ1v) is 25.1. The molecule has 60 heavy (non-hydrogen) atoms. The number of unbranched alkanes of at least 4 members (excludes halogenated alkanes) is 20. The lowest BCUT2D eigenvalue weighted by Gasteiger charge is -2.18. The number of esters is 2. The van der Waals surface area contributed by atoms with Crippen molar-refractivity contribution in [1.29, 1.82) is 0 Å². The van der Waals surface area contributed by atoms with Crippen LogP contribution >= 0.6 is 0 Å². The van der Waals surface area contributed by atoms with Crippen LogP contribution in [0.3, 0.4) is 0 Å². The van der Waals surface area contributed by atoms with E-state index < -0.39 is 6.10 Å². The summed E-state index contributed by atoms with van der Waals surface area (Å²) in [5, 5.41) is 0. The molecule has 0 bridgehead atoms. The zero-order valence-corrected chi connectivity index (χ0v) is 39.5. The van der Waals surface area contributed by atoms with Crippen molar-refractivity contribution in [2.75, 3.05) is 19.8 Å². The molecule has 0 saturated heterocycles. The maximum absolute atomic E-state index is 12.7. The van der Waals surface area contributed by atoms with Crippen molar-refractivity contribution in [2.24, 2.45) is 0 Å². The van der Waals surface area contributed by atoms with Gasteiger partial charge in [0.05, 0.1) is 6.61 Å². The molecule has 0 N–H and O–H groups in total. The highest BCUT2D eigenvalue weighted by Crippen LogP contribution is 2.13. The summed E-state index contributed by atoms with van der Waals surface area (Å²) in [6, 6.07) is 0. The van der Waals surface area contributed by atoms with Crippen LogP contribution in [0.5, 0.6) is 0 Å². The molecule has 0 aromatic carbocycles. The van der Waals surface area contributed by atoms with E-state index in [1.165, 1.54) is 116 Å². The van der Waals surface area contributed by atoms with Crippen LogP contribution in [0.1, 0.15) is 226 Å². The van der Waals surface area contributed by atoms with Gasteiger partial charge in [-0.05, 0) is 96.3 Å². The van der Waals surface area contributed by atoms with Gasteiger partial charge in [-0.25, -0.2) is 0 Å². The molecular formula is C55H94O5. The lowest BCUT2D eigenvalue weighted by Crippen LogP contribution is -2.30. The normalized spacial score (nSPS) is 12.9. The lowest BCUT2D eigenvalue weighted by atomic mass is 10.1. The van der Waals surface area contributed by atoms with Gasteiger partial charge in [0.15, 0.2) is 6.10 Å². The molecular weight excluding hydrogens is 741 g/mol. The van der Waals surface area contributed by atoms with Gasteiger partial charge in [-0.3, -0.25) is 9.59 Å². The minimum Gasteiger partial charge on any atom is -0.462 e. The van der Waals surface area contributed by atoms with Crippen molar-refractivity contribution in [2.45, 2.75) is 232 Å². The van der Waals surface area contributed by atoms with Crippen molar-refractivity contribution in [3.05, 3.63) is 85.1 Å². The van der Waals surface area contributed by atoms with E-state index in [1.54, 1.807) is 0 Å². The van der Waals surface area contributed by atoms with E-state index in [1.807, 2.05) is 6.08 Å². The van der Waals surface area contributed by atoms with Crippen LogP contribution < -0.4 is 0 Å². The van der Waals surface area contributed by atoms with E-state index in [9.17, 15) is 9.59 Å². The highest BCUT2D eigenvalue weighted by Gasteiger charge is 2.17. The number of rotatable bonds is 45. The third kappa shape index (κ3) is 47.8. The molecule has 0 saturated carbocycles. The molecule has 0 spiro atoms. The van der Waals surface area contributed by atoms with Gasteiger partial charge in [-0.15, -0.1) is 0 Å². The summed E-state index contributed by atoms with van der Waals surface area (Å²) in [5.41, 5.74) is 0. The third-order valence-corrected chi connectivity index (χ3v) is 10.4. The van der Waals surface area contributed by atoms with E-state index in [4.69, 9.17) is 14.2 Å². The molecule has 0 heterocycles. The summed E-state index contributed by atoms with van der Waals surface area (Å²) in [4.78, 5) is 25.3. The predicted molar refractivity (Wildman–Crippen MR) is 260 cm³/mol. The summed E-state index contributed by atoms with van der Waals surface area (Å²) in [6.07, 6.45) is 66.1. The second kappa shape index (κ2) is 50.4. The Morgan fingerprint density at radius 1 is 0.383 bits per heavy atom. The van der Waals surface area contributed by atoms with Crippen molar-refractivity contribution in [1.82, 2.24) is 0 Å². The molecule has 1 unspecified atom stereocenters.